The maximum Gasteiger partial charge on any atom is 0.419 e. The van der Waals surface area contributed by atoms with Crippen molar-refractivity contribution in [2.24, 2.45) is 0 Å². The number of benzene rings is 1. The molecule has 4 nitrogen and oxygen atoms in total. The maximum absolute atomic E-state index is 11.7. The van der Waals surface area contributed by atoms with Crippen molar-refractivity contribution in [1.29, 1.82) is 0 Å². The Morgan fingerprint density at radius 2 is 2.06 bits per heavy atom. The molecule has 1 aliphatic carbocycles. The normalized spacial score (nSPS) is 16.7. The molecule has 1 aromatic heterocycles. The van der Waals surface area contributed by atoms with Crippen molar-refractivity contribution >= 4 is 11.1 Å². The highest BCUT2D eigenvalue weighted by Crippen LogP contribution is 2.17. The van der Waals surface area contributed by atoms with E-state index in [2.05, 4.69) is 5.32 Å². The maximum atomic E-state index is 11.7. The van der Waals surface area contributed by atoms with Gasteiger partial charge in [-0.15, -0.1) is 0 Å². The lowest BCUT2D eigenvalue weighted by atomic mass is 10.2. The summed E-state index contributed by atoms with van der Waals surface area (Å²) in [5.74, 6) is -0.260. The van der Waals surface area contributed by atoms with Crippen LogP contribution in [0.3, 0.4) is 0 Å². The molecule has 0 saturated heterocycles. The van der Waals surface area contributed by atoms with Crippen LogP contribution in [-0.2, 0) is 6.54 Å². The summed E-state index contributed by atoms with van der Waals surface area (Å²) in [5.41, 5.74) is 1.55. The van der Waals surface area contributed by atoms with Crippen LogP contribution < -0.4 is 11.1 Å². The molecule has 2 aromatic rings. The van der Waals surface area contributed by atoms with E-state index in [1.165, 1.54) is 25.7 Å². The van der Waals surface area contributed by atoms with E-state index in [1.807, 2.05) is 24.3 Å². The Morgan fingerprint density at radius 1 is 1.28 bits per heavy atom. The molecule has 0 amide bonds. The molecule has 0 atom stereocenters. The van der Waals surface area contributed by atoms with E-state index < -0.39 is 0 Å². The zero-order chi connectivity index (χ0) is 12.4. The highest BCUT2D eigenvalue weighted by Gasteiger charge is 2.14. The second-order valence-electron chi connectivity index (χ2n) is 4.92. The summed E-state index contributed by atoms with van der Waals surface area (Å²) < 4.78 is 6.91. The van der Waals surface area contributed by atoms with Crippen molar-refractivity contribution in [2.45, 2.75) is 38.3 Å². The third-order valence-electron chi connectivity index (χ3n) is 3.70. The van der Waals surface area contributed by atoms with Crippen LogP contribution >= 0.6 is 0 Å². The van der Waals surface area contributed by atoms with E-state index in [0.717, 1.165) is 12.1 Å². The SMILES string of the molecule is O=c1oc2ccccc2n1CCNC1CCCC1. The fourth-order valence-corrected chi connectivity index (χ4v) is 2.74. The standard InChI is InChI=1S/C14H18N2O2/c17-14-16(10-9-15-11-5-1-2-6-11)12-7-3-4-8-13(12)18-14/h3-4,7-8,11,15H,1-2,5-6,9-10H2. The molecule has 1 heterocycles. The monoisotopic (exact) mass is 246 g/mol. The number of nitrogens with zero attached hydrogens (tertiary/aromatic N) is 1. The fraction of sp³-hybridized carbons (Fsp3) is 0.500. The minimum absolute atomic E-state index is 0.260. The first kappa shape index (κ1) is 11.5. The quantitative estimate of drug-likeness (QED) is 0.899. The Kier molecular flexibility index (Phi) is 3.19. The van der Waals surface area contributed by atoms with Crippen LogP contribution in [-0.4, -0.2) is 17.2 Å². The van der Waals surface area contributed by atoms with E-state index in [9.17, 15) is 4.79 Å². The number of fused-ring (bicyclic) bond motifs is 1. The predicted octanol–water partition coefficient (Wildman–Crippen LogP) is 2.13. The Balaban J connectivity index is 1.70. The number of hydrogen-bond acceptors (Lipinski definition) is 3. The van der Waals surface area contributed by atoms with Crippen molar-refractivity contribution in [1.82, 2.24) is 9.88 Å². The van der Waals surface area contributed by atoms with Gasteiger partial charge >= 0.3 is 5.76 Å². The first-order valence-corrected chi connectivity index (χ1v) is 6.66. The van der Waals surface area contributed by atoms with Crippen molar-refractivity contribution in [3.8, 4) is 0 Å². The van der Waals surface area contributed by atoms with Crippen LogP contribution in [0.5, 0.6) is 0 Å². The zero-order valence-corrected chi connectivity index (χ0v) is 10.4. The molecular formula is C14H18N2O2. The summed E-state index contributed by atoms with van der Waals surface area (Å²) in [5, 5.41) is 3.51. The minimum Gasteiger partial charge on any atom is -0.408 e. The number of rotatable bonds is 4. The van der Waals surface area contributed by atoms with Crippen molar-refractivity contribution in [3.63, 3.8) is 0 Å². The van der Waals surface area contributed by atoms with Gasteiger partial charge in [-0.2, -0.15) is 0 Å². The number of nitrogens with one attached hydrogen (secondary N) is 1. The lowest BCUT2D eigenvalue weighted by molar-refractivity contribution is 0.465. The van der Waals surface area contributed by atoms with Crippen LogP contribution in [0.15, 0.2) is 33.5 Å². The van der Waals surface area contributed by atoms with Gasteiger partial charge in [0, 0.05) is 19.1 Å². The summed E-state index contributed by atoms with van der Waals surface area (Å²) >= 11 is 0. The van der Waals surface area contributed by atoms with Crippen molar-refractivity contribution < 1.29 is 4.42 Å². The van der Waals surface area contributed by atoms with Crippen molar-refractivity contribution in [2.75, 3.05) is 6.54 Å². The Hall–Kier alpha value is -1.55. The molecule has 96 valence electrons. The van der Waals surface area contributed by atoms with Crippen LogP contribution in [0.1, 0.15) is 25.7 Å². The molecule has 18 heavy (non-hydrogen) atoms. The van der Waals surface area contributed by atoms with E-state index in [0.29, 0.717) is 18.2 Å². The summed E-state index contributed by atoms with van der Waals surface area (Å²) in [6.07, 6.45) is 5.18. The molecule has 1 saturated carbocycles. The highest BCUT2D eigenvalue weighted by molar-refractivity contribution is 5.72. The van der Waals surface area contributed by atoms with Gasteiger partial charge in [-0.25, -0.2) is 4.79 Å². The van der Waals surface area contributed by atoms with Crippen LogP contribution in [0.2, 0.25) is 0 Å². The number of para-hydroxylation sites is 2. The molecule has 0 bridgehead atoms. The Morgan fingerprint density at radius 3 is 2.89 bits per heavy atom. The van der Waals surface area contributed by atoms with Gasteiger partial charge in [-0.3, -0.25) is 4.57 Å². The first-order valence-electron chi connectivity index (χ1n) is 6.66. The first-order chi connectivity index (χ1) is 8.84. The van der Waals surface area contributed by atoms with E-state index >= 15 is 0 Å². The van der Waals surface area contributed by atoms with Gasteiger partial charge in [-0.05, 0) is 25.0 Å². The smallest absolute Gasteiger partial charge is 0.408 e. The summed E-state index contributed by atoms with van der Waals surface area (Å²) in [7, 11) is 0. The number of oxazole rings is 1. The average molecular weight is 246 g/mol. The molecule has 0 radical (unpaired) electrons. The van der Waals surface area contributed by atoms with Gasteiger partial charge < -0.3 is 9.73 Å². The van der Waals surface area contributed by atoms with E-state index in [-0.39, 0.29) is 5.76 Å². The molecule has 4 heteroatoms. The Bertz CT molecular complexity index is 579. The Labute approximate surface area is 106 Å². The van der Waals surface area contributed by atoms with E-state index in [1.54, 1.807) is 4.57 Å². The van der Waals surface area contributed by atoms with Crippen LogP contribution in [0.25, 0.3) is 11.1 Å². The molecule has 0 unspecified atom stereocenters. The van der Waals surface area contributed by atoms with Crippen LogP contribution in [0.4, 0.5) is 0 Å². The number of hydrogen-bond donors (Lipinski definition) is 1. The highest BCUT2D eigenvalue weighted by atomic mass is 16.4. The third kappa shape index (κ3) is 2.20. The van der Waals surface area contributed by atoms with E-state index in [4.69, 9.17) is 4.42 Å². The lowest BCUT2D eigenvalue weighted by Crippen LogP contribution is -2.31. The second kappa shape index (κ2) is 4.98. The molecule has 3 rings (SSSR count). The van der Waals surface area contributed by atoms with Gasteiger partial charge in [0.15, 0.2) is 5.58 Å². The van der Waals surface area contributed by atoms with Gasteiger partial charge in [-0.1, -0.05) is 25.0 Å². The number of aromatic nitrogens is 1. The topological polar surface area (TPSA) is 47.2 Å². The largest absolute Gasteiger partial charge is 0.419 e. The second-order valence-corrected chi connectivity index (χ2v) is 4.92. The summed E-state index contributed by atoms with van der Waals surface area (Å²) in [4.78, 5) is 11.7. The van der Waals surface area contributed by atoms with Gasteiger partial charge in [0.25, 0.3) is 0 Å². The molecule has 1 aliphatic rings. The average Bonchev–Trinajstić information content (AvgIpc) is 2.98. The molecular weight excluding hydrogens is 228 g/mol. The molecule has 1 fully saturated rings. The van der Waals surface area contributed by atoms with Gasteiger partial charge in [0.1, 0.15) is 0 Å². The van der Waals surface area contributed by atoms with Crippen molar-refractivity contribution in [3.05, 3.63) is 34.8 Å². The fourth-order valence-electron chi connectivity index (χ4n) is 2.74. The lowest BCUT2D eigenvalue weighted by Gasteiger charge is -2.11. The summed E-state index contributed by atoms with van der Waals surface area (Å²) in [6.45, 7) is 1.50. The molecule has 1 N–H and O–H groups in total. The molecule has 1 aromatic carbocycles. The zero-order valence-electron chi connectivity index (χ0n) is 10.4. The molecule has 0 aliphatic heterocycles. The van der Waals surface area contributed by atoms with Gasteiger partial charge in [0.05, 0.1) is 5.52 Å². The van der Waals surface area contributed by atoms with Gasteiger partial charge in [0.2, 0.25) is 0 Å². The third-order valence-corrected chi connectivity index (χ3v) is 3.70. The van der Waals surface area contributed by atoms with Crippen LogP contribution in [0, 0.1) is 0 Å². The summed E-state index contributed by atoms with van der Waals surface area (Å²) in [6, 6.07) is 8.21. The predicted molar refractivity (Wildman–Crippen MR) is 70.7 cm³/mol. The molecule has 0 spiro atoms. The minimum atomic E-state index is -0.260.